The first-order chi connectivity index (χ1) is 6.47. The first-order valence-corrected chi connectivity index (χ1v) is 8.44. The average molecular weight is 272 g/mol. The fourth-order valence-electron chi connectivity index (χ4n) is 1.07. The Bertz CT molecular complexity index is 519. The lowest BCUT2D eigenvalue weighted by atomic mass is 10.6. The van der Waals surface area contributed by atoms with Crippen LogP contribution in [0.5, 0.6) is 0 Å². The van der Waals surface area contributed by atoms with Crippen LogP contribution in [0.1, 0.15) is 6.92 Å². The summed E-state index contributed by atoms with van der Waals surface area (Å²) in [6.07, 6.45) is 1.96. The molecule has 1 unspecified atom stereocenters. The summed E-state index contributed by atoms with van der Waals surface area (Å²) >= 11 is 0.605. The normalized spacial score (nSPS) is 28.0. The minimum absolute atomic E-state index is 0.0320. The molecule has 0 amide bonds. The van der Waals surface area contributed by atoms with E-state index in [0.29, 0.717) is 11.8 Å². The van der Waals surface area contributed by atoms with Gasteiger partial charge in [0, 0.05) is 18.2 Å². The van der Waals surface area contributed by atoms with Crippen molar-refractivity contribution in [3.8, 4) is 0 Å². The molecule has 0 aromatic heterocycles. The van der Waals surface area contributed by atoms with E-state index in [1.54, 1.807) is 0 Å². The quantitative estimate of drug-likeness (QED) is 0.675. The molecule has 0 saturated heterocycles. The fraction of sp³-hybridized carbons (Fsp3) is 0.667. The monoisotopic (exact) mass is 272 g/mol. The SMILES string of the molecule is CC1=C(S(C)(=O)=O)SC(N)(S(C)(=O)=O)N1. The third-order valence-electron chi connectivity index (χ3n) is 1.80. The van der Waals surface area contributed by atoms with Crippen LogP contribution in [-0.2, 0) is 19.7 Å². The molecule has 9 heteroatoms. The molecule has 3 N–H and O–H groups in total. The fourth-order valence-corrected chi connectivity index (χ4v) is 4.72. The maximum Gasteiger partial charge on any atom is 0.244 e. The molecule has 0 bridgehead atoms. The van der Waals surface area contributed by atoms with E-state index in [1.807, 2.05) is 0 Å². The molecule has 6 nitrogen and oxygen atoms in total. The predicted molar refractivity (Wildman–Crippen MR) is 60.0 cm³/mol. The standard InChI is InChI=1S/C6H12N2O4S3/c1-4-5(14(2,9)10)13-6(7,8-4)15(3,11)12/h8H,7H2,1-3H3. The van der Waals surface area contributed by atoms with Crippen LogP contribution < -0.4 is 11.1 Å². The molecule has 1 heterocycles. The van der Waals surface area contributed by atoms with Crippen LogP contribution in [0.3, 0.4) is 0 Å². The van der Waals surface area contributed by atoms with Crippen LogP contribution in [0.15, 0.2) is 9.93 Å². The van der Waals surface area contributed by atoms with E-state index in [2.05, 4.69) is 5.32 Å². The summed E-state index contributed by atoms with van der Waals surface area (Å²) in [7, 11) is -7.05. The van der Waals surface area contributed by atoms with Gasteiger partial charge in [-0.25, -0.2) is 16.8 Å². The first kappa shape index (κ1) is 12.8. The molecule has 0 aromatic carbocycles. The van der Waals surface area contributed by atoms with Crippen LogP contribution in [0.4, 0.5) is 0 Å². The predicted octanol–water partition coefficient (Wildman–Crippen LogP) is -0.829. The Balaban J connectivity index is 3.20. The Kier molecular flexibility index (Phi) is 2.88. The zero-order chi connectivity index (χ0) is 12.1. The van der Waals surface area contributed by atoms with E-state index in [0.717, 1.165) is 12.5 Å². The molecule has 1 atom stereocenters. The second-order valence-corrected chi connectivity index (χ2v) is 9.27. The van der Waals surface area contributed by atoms with Gasteiger partial charge in [0.2, 0.25) is 4.33 Å². The van der Waals surface area contributed by atoms with E-state index in [4.69, 9.17) is 5.73 Å². The third-order valence-corrected chi connectivity index (χ3v) is 7.20. The van der Waals surface area contributed by atoms with Gasteiger partial charge >= 0.3 is 0 Å². The van der Waals surface area contributed by atoms with Gasteiger partial charge in [0.15, 0.2) is 19.7 Å². The lowest BCUT2D eigenvalue weighted by molar-refractivity contribution is 0.564. The first-order valence-electron chi connectivity index (χ1n) is 3.84. The lowest BCUT2D eigenvalue weighted by Crippen LogP contribution is -2.52. The van der Waals surface area contributed by atoms with Gasteiger partial charge in [-0.15, -0.1) is 0 Å². The molecule has 0 saturated carbocycles. The summed E-state index contributed by atoms with van der Waals surface area (Å²) < 4.78 is 43.5. The van der Waals surface area contributed by atoms with Gasteiger partial charge < -0.3 is 5.32 Å². The van der Waals surface area contributed by atoms with Gasteiger partial charge in [0.05, 0.1) is 0 Å². The second kappa shape index (κ2) is 3.37. The summed E-state index contributed by atoms with van der Waals surface area (Å²) in [5.74, 6) is 0. The van der Waals surface area contributed by atoms with E-state index < -0.39 is 24.0 Å². The van der Waals surface area contributed by atoms with Crippen molar-refractivity contribution in [2.45, 2.75) is 11.3 Å². The third kappa shape index (κ3) is 2.30. The van der Waals surface area contributed by atoms with Crippen LogP contribution in [-0.4, -0.2) is 33.7 Å². The van der Waals surface area contributed by atoms with Gasteiger partial charge in [0.25, 0.3) is 0 Å². The van der Waals surface area contributed by atoms with Gasteiger partial charge in [-0.05, 0) is 6.92 Å². The molecule has 0 radical (unpaired) electrons. The van der Waals surface area contributed by atoms with Crippen molar-refractivity contribution in [3.05, 3.63) is 9.93 Å². The van der Waals surface area contributed by atoms with Crippen LogP contribution in [0, 0.1) is 0 Å². The molecule has 0 spiro atoms. The topological polar surface area (TPSA) is 106 Å². The minimum atomic E-state index is -3.60. The largest absolute Gasteiger partial charge is 0.348 e. The van der Waals surface area contributed by atoms with E-state index in [9.17, 15) is 16.8 Å². The van der Waals surface area contributed by atoms with Gasteiger partial charge in [-0.2, -0.15) is 0 Å². The van der Waals surface area contributed by atoms with Crippen molar-refractivity contribution >= 4 is 31.4 Å². The number of nitrogens with one attached hydrogen (secondary N) is 1. The summed E-state index contributed by atoms with van der Waals surface area (Å²) in [5.41, 5.74) is 5.83. The average Bonchev–Trinajstić information content (AvgIpc) is 2.24. The highest BCUT2D eigenvalue weighted by Gasteiger charge is 2.46. The Hall–Kier alpha value is -0.250. The molecular formula is C6H12N2O4S3. The Morgan fingerprint density at radius 1 is 1.27 bits per heavy atom. The molecule has 0 aromatic rings. The van der Waals surface area contributed by atoms with Crippen molar-refractivity contribution in [1.29, 1.82) is 0 Å². The molecule has 0 fully saturated rings. The van der Waals surface area contributed by atoms with Crippen molar-refractivity contribution < 1.29 is 16.8 Å². The van der Waals surface area contributed by atoms with Crippen molar-refractivity contribution in [2.24, 2.45) is 5.73 Å². The second-order valence-electron chi connectivity index (χ2n) is 3.35. The Morgan fingerprint density at radius 2 is 1.73 bits per heavy atom. The Morgan fingerprint density at radius 3 is 1.93 bits per heavy atom. The van der Waals surface area contributed by atoms with Crippen molar-refractivity contribution in [2.75, 3.05) is 12.5 Å². The lowest BCUT2D eigenvalue weighted by Gasteiger charge is -2.21. The van der Waals surface area contributed by atoms with Crippen molar-refractivity contribution in [1.82, 2.24) is 5.32 Å². The minimum Gasteiger partial charge on any atom is -0.348 e. The molecule has 1 aliphatic rings. The summed E-state index contributed by atoms with van der Waals surface area (Å²) in [6, 6.07) is 0. The Labute approximate surface area is 93.1 Å². The van der Waals surface area contributed by atoms with Crippen molar-refractivity contribution in [3.63, 3.8) is 0 Å². The molecule has 15 heavy (non-hydrogen) atoms. The van der Waals surface area contributed by atoms with Gasteiger partial charge in [0.1, 0.15) is 4.24 Å². The number of sulfone groups is 2. The molecule has 0 aliphatic carbocycles. The van der Waals surface area contributed by atoms with E-state index in [-0.39, 0.29) is 9.93 Å². The number of thioether (sulfide) groups is 1. The maximum absolute atomic E-state index is 11.3. The van der Waals surface area contributed by atoms with Crippen LogP contribution in [0.2, 0.25) is 0 Å². The highest BCUT2D eigenvalue weighted by molar-refractivity contribution is 8.25. The number of hydrogen-bond donors (Lipinski definition) is 2. The molecule has 1 rings (SSSR count). The number of allylic oxidation sites excluding steroid dienone is 1. The highest BCUT2D eigenvalue weighted by atomic mass is 32.3. The zero-order valence-electron chi connectivity index (χ0n) is 8.44. The summed E-state index contributed by atoms with van der Waals surface area (Å²) in [6.45, 7) is 1.48. The van der Waals surface area contributed by atoms with E-state index >= 15 is 0 Å². The van der Waals surface area contributed by atoms with Crippen LogP contribution >= 0.6 is 11.8 Å². The zero-order valence-corrected chi connectivity index (χ0v) is 10.9. The molecular weight excluding hydrogens is 260 g/mol. The summed E-state index contributed by atoms with van der Waals surface area (Å²) in [5, 5.41) is 2.48. The maximum atomic E-state index is 11.3. The number of nitrogens with two attached hydrogens (primary N) is 1. The van der Waals surface area contributed by atoms with Gasteiger partial charge in [-0.3, -0.25) is 5.73 Å². The summed E-state index contributed by atoms with van der Waals surface area (Å²) in [4.78, 5) is 0. The van der Waals surface area contributed by atoms with Crippen LogP contribution in [0.25, 0.3) is 0 Å². The van der Waals surface area contributed by atoms with E-state index in [1.165, 1.54) is 6.92 Å². The molecule has 1 aliphatic heterocycles. The number of rotatable bonds is 2. The smallest absolute Gasteiger partial charge is 0.244 e. The molecule has 88 valence electrons. The number of hydrogen-bond acceptors (Lipinski definition) is 7. The van der Waals surface area contributed by atoms with Gasteiger partial charge in [-0.1, -0.05) is 11.8 Å². The highest BCUT2D eigenvalue weighted by Crippen LogP contribution is 2.40.